The van der Waals surface area contributed by atoms with Crippen molar-refractivity contribution in [3.8, 4) is 0 Å². The highest BCUT2D eigenvalue weighted by Crippen LogP contribution is 2.40. The maximum Gasteiger partial charge on any atom is 0.418 e. The summed E-state index contributed by atoms with van der Waals surface area (Å²) in [5.74, 6) is 0.653. The van der Waals surface area contributed by atoms with E-state index in [1.54, 1.807) is 13.0 Å². The van der Waals surface area contributed by atoms with Gasteiger partial charge >= 0.3 is 6.18 Å². The fraction of sp³-hybridized carbons (Fsp3) is 0.630. The molecule has 0 unspecified atom stereocenters. The Morgan fingerprint density at radius 1 is 0.868 bits per heavy atom. The molecule has 2 aromatic rings. The van der Waals surface area contributed by atoms with Crippen LogP contribution in [0.2, 0.25) is 0 Å². The van der Waals surface area contributed by atoms with Crippen molar-refractivity contribution in [2.75, 3.05) is 42.5 Å². The number of hydrogen-bond acceptors (Lipinski definition) is 5. The first-order valence-corrected chi connectivity index (χ1v) is 15.8. The highest BCUT2D eigenvalue weighted by Gasteiger charge is 2.39. The zero-order valence-corrected chi connectivity index (χ0v) is 23.2. The lowest BCUT2D eigenvalue weighted by Gasteiger charge is -2.40. The van der Waals surface area contributed by atoms with Gasteiger partial charge in [0, 0.05) is 44.5 Å². The Labute approximate surface area is 226 Å². The van der Waals surface area contributed by atoms with Crippen LogP contribution < -0.4 is 9.80 Å². The van der Waals surface area contributed by atoms with Crippen LogP contribution in [0.25, 0.3) is 0 Å². The monoisotopic (exact) mass is 573 g/mol. The molecule has 210 valence electrons. The van der Waals surface area contributed by atoms with Gasteiger partial charge in [0.25, 0.3) is 10.0 Å². The third-order valence-electron chi connectivity index (χ3n) is 8.47. The molecule has 1 aromatic heterocycles. The van der Waals surface area contributed by atoms with Crippen LogP contribution in [0.1, 0.15) is 57.4 Å². The fourth-order valence-corrected chi connectivity index (χ4v) is 9.55. The number of alkyl halides is 3. The van der Waals surface area contributed by atoms with Crippen molar-refractivity contribution in [3.05, 3.63) is 41.7 Å². The molecule has 0 radical (unpaired) electrons. The number of sulfonamides is 1. The minimum atomic E-state index is -4.71. The first-order valence-electron chi connectivity index (χ1n) is 13.5. The van der Waals surface area contributed by atoms with Gasteiger partial charge in [-0.05, 0) is 61.9 Å². The zero-order chi connectivity index (χ0) is 27.1. The van der Waals surface area contributed by atoms with Crippen molar-refractivity contribution in [1.82, 2.24) is 4.31 Å². The largest absolute Gasteiger partial charge is 0.418 e. The summed E-state index contributed by atoms with van der Waals surface area (Å²) in [5, 5.41) is 0.957. The second-order valence-electron chi connectivity index (χ2n) is 10.9. The number of halogens is 4. The highest BCUT2D eigenvalue weighted by molar-refractivity contribution is 7.91. The minimum absolute atomic E-state index is 0.0538. The molecule has 2 saturated heterocycles. The van der Waals surface area contributed by atoms with Gasteiger partial charge in [0.05, 0.1) is 10.6 Å². The Bertz CT molecular complexity index is 1220. The molecule has 11 heteroatoms. The van der Waals surface area contributed by atoms with Crippen molar-refractivity contribution in [2.24, 2.45) is 11.8 Å². The average molecular weight is 574 g/mol. The molecule has 3 fully saturated rings. The van der Waals surface area contributed by atoms with Crippen LogP contribution in [0.4, 0.5) is 28.3 Å². The summed E-state index contributed by atoms with van der Waals surface area (Å²) in [7, 11) is -3.79. The molecule has 0 amide bonds. The number of benzene rings is 1. The number of hydrogen-bond donors (Lipinski definition) is 0. The van der Waals surface area contributed by atoms with E-state index in [-0.39, 0.29) is 29.5 Å². The molecular weight excluding hydrogens is 538 g/mol. The van der Waals surface area contributed by atoms with E-state index in [9.17, 15) is 26.0 Å². The van der Waals surface area contributed by atoms with Gasteiger partial charge in [0.1, 0.15) is 10.0 Å². The Hall–Kier alpha value is -1.85. The molecule has 1 aliphatic carbocycles. The Morgan fingerprint density at radius 3 is 2.21 bits per heavy atom. The molecular formula is C27H35F4N3O2S2. The summed E-state index contributed by atoms with van der Waals surface area (Å²) in [5.41, 5.74) is -1.17. The zero-order valence-electron chi connectivity index (χ0n) is 21.6. The van der Waals surface area contributed by atoms with Gasteiger partial charge in [0.2, 0.25) is 0 Å². The van der Waals surface area contributed by atoms with Crippen LogP contribution in [-0.4, -0.2) is 51.5 Å². The quantitative estimate of drug-likeness (QED) is 0.378. The van der Waals surface area contributed by atoms with Crippen molar-refractivity contribution >= 4 is 32.0 Å². The third-order valence-corrected chi connectivity index (χ3v) is 12.1. The lowest BCUT2D eigenvalue weighted by molar-refractivity contribution is -0.137. The van der Waals surface area contributed by atoms with Crippen LogP contribution in [0.5, 0.6) is 0 Å². The van der Waals surface area contributed by atoms with Gasteiger partial charge in [-0.3, -0.25) is 0 Å². The number of anilines is 2. The Kier molecular flexibility index (Phi) is 7.99. The van der Waals surface area contributed by atoms with Crippen molar-refractivity contribution in [2.45, 2.75) is 68.3 Å². The van der Waals surface area contributed by atoms with E-state index in [0.717, 1.165) is 54.9 Å². The van der Waals surface area contributed by atoms with Crippen LogP contribution in [-0.2, 0) is 16.2 Å². The molecule has 0 spiro atoms. The van der Waals surface area contributed by atoms with E-state index >= 15 is 0 Å². The molecule has 0 bridgehead atoms. The van der Waals surface area contributed by atoms with Crippen LogP contribution >= 0.6 is 11.3 Å². The van der Waals surface area contributed by atoms with E-state index in [2.05, 4.69) is 4.90 Å². The fourth-order valence-electron chi connectivity index (χ4n) is 6.46. The lowest BCUT2D eigenvalue weighted by Crippen LogP contribution is -2.54. The number of piperazine rings is 1. The molecule has 1 saturated carbocycles. The first-order chi connectivity index (χ1) is 18.0. The molecule has 1 atom stereocenters. The second kappa shape index (κ2) is 11.0. The summed E-state index contributed by atoms with van der Waals surface area (Å²) in [6.45, 7) is 3.81. The number of piperidine rings is 1. The van der Waals surface area contributed by atoms with Gasteiger partial charge in [-0.1, -0.05) is 32.1 Å². The molecule has 2 aliphatic heterocycles. The normalized spacial score (nSPS) is 23.2. The van der Waals surface area contributed by atoms with E-state index in [1.807, 2.05) is 6.07 Å². The minimum Gasteiger partial charge on any atom is -0.368 e. The van der Waals surface area contributed by atoms with Gasteiger partial charge in [-0.25, -0.2) is 12.8 Å². The third kappa shape index (κ3) is 5.70. The van der Waals surface area contributed by atoms with Crippen LogP contribution in [0.15, 0.2) is 34.5 Å². The number of thiophene rings is 1. The van der Waals surface area contributed by atoms with Gasteiger partial charge in [-0.15, -0.1) is 11.3 Å². The molecule has 0 N–H and O–H groups in total. The first kappa shape index (κ1) is 27.7. The predicted octanol–water partition coefficient (Wildman–Crippen LogP) is 6.60. The molecule has 38 heavy (non-hydrogen) atoms. The molecule has 5 rings (SSSR count). The summed E-state index contributed by atoms with van der Waals surface area (Å²) in [6.07, 6.45) is 4.32. The van der Waals surface area contributed by atoms with E-state index in [1.165, 1.54) is 52.6 Å². The Balaban J connectivity index is 1.24. The van der Waals surface area contributed by atoms with Crippen LogP contribution in [0, 0.1) is 17.7 Å². The summed E-state index contributed by atoms with van der Waals surface area (Å²) in [6, 6.07) is 5.61. The van der Waals surface area contributed by atoms with Gasteiger partial charge in [-0.2, -0.15) is 17.5 Å². The smallest absolute Gasteiger partial charge is 0.368 e. The number of nitrogens with zero attached hydrogens (tertiary/aromatic N) is 3. The molecule has 1 aromatic carbocycles. The van der Waals surface area contributed by atoms with Gasteiger partial charge in [0.15, 0.2) is 0 Å². The van der Waals surface area contributed by atoms with Crippen molar-refractivity contribution in [3.63, 3.8) is 0 Å². The van der Waals surface area contributed by atoms with E-state index in [4.69, 9.17) is 0 Å². The molecule has 3 heterocycles. The predicted molar refractivity (Wildman–Crippen MR) is 143 cm³/mol. The molecule has 5 nitrogen and oxygen atoms in total. The summed E-state index contributed by atoms with van der Waals surface area (Å²) >= 11 is 1.28. The standard InChI is InChI=1S/C27H35F4N3O2S2/c1-19-18-33(24-8-7-22(28)17-23(24)27(29,30)31)15-16-34(19)38(35,36)26-10-9-25(37-26)32-13-11-21(12-14-32)20-5-3-2-4-6-20/h7-10,17,19-21H,2-6,11-16,18H2,1H3/t19-/m1/s1. The average Bonchev–Trinajstić information content (AvgIpc) is 3.40. The topological polar surface area (TPSA) is 43.9 Å². The maximum atomic E-state index is 13.6. The van der Waals surface area contributed by atoms with Crippen LogP contribution in [0.3, 0.4) is 0 Å². The highest BCUT2D eigenvalue weighted by atomic mass is 32.2. The van der Waals surface area contributed by atoms with E-state index in [0.29, 0.717) is 6.07 Å². The van der Waals surface area contributed by atoms with Crippen molar-refractivity contribution < 1.29 is 26.0 Å². The Morgan fingerprint density at radius 2 is 1.55 bits per heavy atom. The summed E-state index contributed by atoms with van der Waals surface area (Å²) in [4.78, 5) is 3.78. The maximum absolute atomic E-state index is 13.6. The van der Waals surface area contributed by atoms with E-state index < -0.39 is 33.6 Å². The summed E-state index contributed by atoms with van der Waals surface area (Å²) < 4.78 is 82.9. The SMILES string of the molecule is C[C@@H]1CN(c2ccc(F)cc2C(F)(F)F)CCN1S(=O)(=O)c1ccc(N2CCC(C3CCCCC3)CC2)s1. The lowest BCUT2D eigenvalue weighted by atomic mass is 9.76. The van der Waals surface area contributed by atoms with Crippen molar-refractivity contribution in [1.29, 1.82) is 0 Å². The van der Waals surface area contributed by atoms with Gasteiger partial charge < -0.3 is 9.80 Å². The molecule has 3 aliphatic rings. The second-order valence-corrected chi connectivity index (χ2v) is 14.1. The number of rotatable bonds is 5.